The largest absolute Gasteiger partial charge is 0.457 e. The fourth-order valence-electron chi connectivity index (χ4n) is 7.84. The summed E-state index contributed by atoms with van der Waals surface area (Å²) in [6.45, 7) is 13.0. The molecular weight excluding hydrogens is 655 g/mol. The summed E-state index contributed by atoms with van der Waals surface area (Å²) in [6, 6.07) is -0.158. The molecule has 0 spiro atoms. The number of hydrogen-bond acceptors (Lipinski definition) is 12. The Kier molecular flexibility index (Phi) is 14.1. The number of carbonyl (C=O) groups is 4. The van der Waals surface area contributed by atoms with Gasteiger partial charge in [-0.1, -0.05) is 34.6 Å². The average molecular weight is 715 g/mol. The molecule has 286 valence electrons. The lowest BCUT2D eigenvalue weighted by molar-refractivity contribution is -0.300. The molecular formula is C36H59FN2O11. The fraction of sp³-hybridized carbons (Fsp3) is 0.861. The van der Waals surface area contributed by atoms with Crippen molar-refractivity contribution in [1.82, 2.24) is 4.90 Å². The number of aliphatic hydroxyl groups is 1. The lowest BCUT2D eigenvalue weighted by Gasteiger charge is -2.48. The average Bonchev–Trinajstić information content (AvgIpc) is 3.06. The standard InChI is InChI=1S/C36H59FN2O11/c1-13-25-36(9,44)31-21(5)27(38-26(41)14-2)19(3)16-34(7,47-18-23(40)17-46-31)30(22(6)29(42)35(8,37)33(43)49-25)50-32-28(45-12)24(39(10)11)15-20(4)48-32/h19-22,24-25,28,30-32,44H,13-18H2,1-12H3/b38-27+/t19-,20-,21+,22+,24+,25-,28-,30-,31-,32+,34-,35+,36-/m1/s1. The number of aliphatic imine (C=N–C) groups is 1. The molecule has 3 saturated heterocycles. The van der Waals surface area contributed by atoms with Crippen LogP contribution in [0.5, 0.6) is 0 Å². The highest BCUT2D eigenvalue weighted by atomic mass is 19.1. The molecule has 14 heteroatoms. The zero-order valence-electron chi connectivity index (χ0n) is 31.8. The van der Waals surface area contributed by atoms with Crippen LogP contribution >= 0.6 is 0 Å². The van der Waals surface area contributed by atoms with Crippen molar-refractivity contribution in [2.24, 2.45) is 22.7 Å². The van der Waals surface area contributed by atoms with Gasteiger partial charge in [0.05, 0.1) is 23.9 Å². The Morgan fingerprint density at radius 2 is 1.70 bits per heavy atom. The number of nitrogens with zero attached hydrogens (tertiary/aromatic N) is 2. The lowest BCUT2D eigenvalue weighted by Crippen LogP contribution is -2.61. The van der Waals surface area contributed by atoms with Gasteiger partial charge in [-0.05, 0) is 67.0 Å². The molecule has 0 aromatic carbocycles. The van der Waals surface area contributed by atoms with E-state index in [-0.39, 0.29) is 31.4 Å². The number of methoxy groups -OCH3 is 1. The molecule has 0 unspecified atom stereocenters. The molecule has 3 fully saturated rings. The Hall–Kier alpha value is -2.20. The Balaban J connectivity index is 2.36. The van der Waals surface area contributed by atoms with Crippen LogP contribution in [0.15, 0.2) is 4.99 Å². The SMILES string of the molecule is CCC(=O)/N=C1\[C@H](C)C[C@@]2(C)OCC(=O)CO[C@H]([C@H]1C)[C@](C)(O)[C@@H](CC)OC(=O)[C@@](C)(F)C(=O)[C@H](C)[C@H]2O[C@@H]1O[C@H](C)C[C@H](N(C)C)[C@H]1OC. The minimum Gasteiger partial charge on any atom is -0.457 e. The van der Waals surface area contributed by atoms with Crippen LogP contribution in [0.4, 0.5) is 4.39 Å². The van der Waals surface area contributed by atoms with E-state index >= 15 is 4.39 Å². The zero-order valence-corrected chi connectivity index (χ0v) is 31.8. The van der Waals surface area contributed by atoms with Crippen LogP contribution in [0.3, 0.4) is 0 Å². The maximum atomic E-state index is 16.6. The molecule has 0 aromatic rings. The number of hydrogen-bond donors (Lipinski definition) is 1. The molecule has 0 saturated carbocycles. The van der Waals surface area contributed by atoms with Crippen molar-refractivity contribution in [1.29, 1.82) is 0 Å². The topological polar surface area (TPSA) is 159 Å². The number of carbonyl (C=O) groups excluding carboxylic acids is 4. The summed E-state index contributed by atoms with van der Waals surface area (Å²) in [6.07, 6.45) is -5.22. The van der Waals surface area contributed by atoms with Gasteiger partial charge in [0, 0.05) is 37.1 Å². The first-order valence-electron chi connectivity index (χ1n) is 17.7. The maximum absolute atomic E-state index is 16.6. The maximum Gasteiger partial charge on any atom is 0.351 e. The van der Waals surface area contributed by atoms with Crippen LogP contribution in [0.1, 0.15) is 88.0 Å². The van der Waals surface area contributed by atoms with Gasteiger partial charge in [0.2, 0.25) is 5.91 Å². The van der Waals surface area contributed by atoms with E-state index in [9.17, 15) is 24.3 Å². The summed E-state index contributed by atoms with van der Waals surface area (Å²) in [7, 11) is 5.32. The monoisotopic (exact) mass is 714 g/mol. The molecule has 3 aliphatic heterocycles. The van der Waals surface area contributed by atoms with E-state index < -0.39 is 102 Å². The molecule has 3 rings (SSSR count). The third-order valence-electron chi connectivity index (χ3n) is 10.6. The number of esters is 1. The number of alkyl halides is 1. The van der Waals surface area contributed by atoms with Crippen LogP contribution in [0.25, 0.3) is 0 Å². The summed E-state index contributed by atoms with van der Waals surface area (Å²) in [5.74, 6) is -6.33. The fourth-order valence-corrected chi connectivity index (χ4v) is 7.84. The molecule has 0 radical (unpaired) electrons. The molecule has 3 aliphatic rings. The zero-order chi connectivity index (χ0) is 37.9. The third-order valence-corrected chi connectivity index (χ3v) is 10.6. The first-order chi connectivity index (χ1) is 23.2. The smallest absolute Gasteiger partial charge is 0.351 e. The normalized spacial score (nSPS) is 43.6. The van der Waals surface area contributed by atoms with Crippen LogP contribution in [0, 0.1) is 17.8 Å². The van der Waals surface area contributed by atoms with Gasteiger partial charge in [0.25, 0.3) is 5.67 Å². The van der Waals surface area contributed by atoms with E-state index in [2.05, 4.69) is 4.99 Å². The number of halogens is 1. The summed E-state index contributed by atoms with van der Waals surface area (Å²) < 4.78 is 53.6. The Labute approximate surface area is 295 Å². The Bertz CT molecular complexity index is 1270. The second-order valence-corrected chi connectivity index (χ2v) is 15.1. The minimum atomic E-state index is -3.17. The van der Waals surface area contributed by atoms with Crippen molar-refractivity contribution >= 4 is 29.2 Å². The molecule has 3 heterocycles. The first-order valence-corrected chi connectivity index (χ1v) is 17.7. The van der Waals surface area contributed by atoms with Gasteiger partial charge in [-0.2, -0.15) is 0 Å². The van der Waals surface area contributed by atoms with E-state index in [4.69, 9.17) is 28.4 Å². The number of rotatable bonds is 6. The van der Waals surface area contributed by atoms with Crippen LogP contribution in [0.2, 0.25) is 0 Å². The van der Waals surface area contributed by atoms with E-state index in [0.29, 0.717) is 12.1 Å². The first kappa shape index (κ1) is 42.2. The van der Waals surface area contributed by atoms with Crippen LogP contribution in [-0.2, 0) is 47.6 Å². The Morgan fingerprint density at radius 3 is 2.26 bits per heavy atom. The van der Waals surface area contributed by atoms with Crippen LogP contribution < -0.4 is 0 Å². The number of Topliss-reactive ketones (excluding diaryl/α,β-unsaturated/α-hetero) is 2. The van der Waals surface area contributed by atoms with Crippen molar-refractivity contribution in [2.45, 2.75) is 148 Å². The summed E-state index contributed by atoms with van der Waals surface area (Å²) in [5.41, 5.74) is -6.39. The van der Waals surface area contributed by atoms with Crippen LogP contribution in [-0.4, -0.2) is 133 Å². The molecule has 13 atom stereocenters. The molecule has 0 aromatic heterocycles. The predicted molar refractivity (Wildman–Crippen MR) is 181 cm³/mol. The highest BCUT2D eigenvalue weighted by Gasteiger charge is 2.57. The van der Waals surface area contributed by atoms with Crippen molar-refractivity contribution < 1.29 is 57.1 Å². The van der Waals surface area contributed by atoms with Crippen molar-refractivity contribution in [3.05, 3.63) is 0 Å². The second kappa shape index (κ2) is 16.6. The van der Waals surface area contributed by atoms with Crippen molar-refractivity contribution in [3.63, 3.8) is 0 Å². The predicted octanol–water partition coefficient (Wildman–Crippen LogP) is 3.25. The highest BCUT2D eigenvalue weighted by molar-refractivity contribution is 6.08. The second-order valence-electron chi connectivity index (χ2n) is 15.1. The quantitative estimate of drug-likeness (QED) is 0.317. The van der Waals surface area contributed by atoms with E-state index in [0.717, 1.165) is 6.92 Å². The molecule has 1 amide bonds. The van der Waals surface area contributed by atoms with Gasteiger partial charge in [-0.15, -0.1) is 0 Å². The van der Waals surface area contributed by atoms with Gasteiger partial charge >= 0.3 is 5.97 Å². The van der Waals surface area contributed by atoms with Crippen molar-refractivity contribution in [3.8, 4) is 0 Å². The van der Waals surface area contributed by atoms with Gasteiger partial charge in [0.1, 0.15) is 31.0 Å². The number of ketones is 2. The molecule has 13 nitrogen and oxygen atoms in total. The highest BCUT2D eigenvalue weighted by Crippen LogP contribution is 2.41. The van der Waals surface area contributed by atoms with Crippen molar-refractivity contribution in [2.75, 3.05) is 34.4 Å². The molecule has 50 heavy (non-hydrogen) atoms. The number of ether oxygens (including phenoxy) is 6. The lowest BCUT2D eigenvalue weighted by atomic mass is 9.73. The number of amides is 1. The van der Waals surface area contributed by atoms with Gasteiger partial charge in [-0.25, -0.2) is 14.2 Å². The number of cyclic esters (lactones) is 1. The minimum absolute atomic E-state index is 0.00454. The number of likely N-dealkylation sites (N-methyl/N-ethyl adjacent to an activating group) is 1. The van der Waals surface area contributed by atoms with E-state index in [1.807, 2.05) is 32.8 Å². The summed E-state index contributed by atoms with van der Waals surface area (Å²) >= 11 is 0. The molecule has 2 bridgehead atoms. The van der Waals surface area contributed by atoms with E-state index in [1.165, 1.54) is 21.0 Å². The van der Waals surface area contributed by atoms with E-state index in [1.54, 1.807) is 27.7 Å². The number of fused-ring (bicyclic) bond motifs is 5. The van der Waals surface area contributed by atoms with Gasteiger partial charge in [-0.3, -0.25) is 14.4 Å². The Morgan fingerprint density at radius 1 is 1.06 bits per heavy atom. The summed E-state index contributed by atoms with van der Waals surface area (Å²) in [5, 5.41) is 12.0. The van der Waals surface area contributed by atoms with Gasteiger partial charge < -0.3 is 38.4 Å². The molecule has 0 aliphatic carbocycles. The third kappa shape index (κ3) is 8.87. The molecule has 1 N–H and O–H groups in total. The summed E-state index contributed by atoms with van der Waals surface area (Å²) in [4.78, 5) is 60.6. The van der Waals surface area contributed by atoms with Gasteiger partial charge in [0.15, 0.2) is 17.9 Å².